The summed E-state index contributed by atoms with van der Waals surface area (Å²) in [5.41, 5.74) is 12.2. The first-order chi connectivity index (χ1) is 14.9. The summed E-state index contributed by atoms with van der Waals surface area (Å²) < 4.78 is 4.12. The van der Waals surface area contributed by atoms with E-state index in [0.717, 1.165) is 0 Å². The Morgan fingerprint density at radius 1 is 0.606 bits per heavy atom. The second-order valence-corrected chi connectivity index (χ2v) is 33.1. The van der Waals surface area contributed by atoms with Gasteiger partial charge in [0.15, 0.2) is 0 Å². The van der Waals surface area contributed by atoms with Gasteiger partial charge in [-0.3, -0.25) is 0 Å². The van der Waals surface area contributed by atoms with Crippen molar-refractivity contribution >= 4 is 48.8 Å². The zero-order valence-electron chi connectivity index (χ0n) is 20.2. The van der Waals surface area contributed by atoms with Crippen molar-refractivity contribution < 1.29 is 19.4 Å². The Kier molecular flexibility index (Phi) is 8.17. The van der Waals surface area contributed by atoms with E-state index in [-0.39, 0.29) is 31.5 Å². The average Bonchev–Trinajstić information content (AvgIpc) is 3.41. The molecule has 2 atom stereocenters. The first-order valence-corrected chi connectivity index (χ1v) is 23.4. The molecule has 2 unspecified atom stereocenters. The second-order valence-electron chi connectivity index (χ2n) is 9.90. The topological polar surface area (TPSA) is 0 Å². The van der Waals surface area contributed by atoms with Crippen molar-refractivity contribution in [3.8, 4) is 0 Å². The van der Waals surface area contributed by atoms with Gasteiger partial charge in [0.05, 0.1) is 0 Å². The first kappa shape index (κ1) is 26.4. The molecule has 3 aromatic carbocycles. The molecule has 0 saturated heterocycles. The Hall–Kier alpha value is -1.18. The summed E-state index contributed by atoms with van der Waals surface area (Å²) in [5, 5.41) is 1.65. The minimum absolute atomic E-state index is 0. The molecule has 0 aliphatic heterocycles. The number of rotatable bonds is 4. The van der Waals surface area contributed by atoms with Crippen molar-refractivity contribution in [2.24, 2.45) is 0 Å². The van der Waals surface area contributed by atoms with Crippen molar-refractivity contribution in [2.75, 3.05) is 0 Å². The van der Waals surface area contributed by atoms with E-state index in [1.807, 2.05) is 0 Å². The number of aryl methyl sites for hydroxylation is 4. The van der Waals surface area contributed by atoms with E-state index < -0.39 is 19.4 Å². The predicted molar refractivity (Wildman–Crippen MR) is 150 cm³/mol. The number of hydrogen-bond acceptors (Lipinski definition) is 0. The maximum Gasteiger partial charge on any atom is -0.147 e. The van der Waals surface area contributed by atoms with Crippen LogP contribution in [0.3, 0.4) is 0 Å². The molecule has 3 aromatic rings. The summed E-state index contributed by atoms with van der Waals surface area (Å²) in [4.78, 5) is 0. The molecule has 4 heteroatoms. The monoisotopic (exact) mass is 570 g/mol. The fourth-order valence-electron chi connectivity index (χ4n) is 6.10. The second kappa shape index (κ2) is 10.2. The molecule has 0 nitrogen and oxygen atoms in total. The molecule has 0 bridgehead atoms. The summed E-state index contributed by atoms with van der Waals surface area (Å²) in [7, 11) is 0. The van der Waals surface area contributed by atoms with Crippen LogP contribution in [0, 0.1) is 27.7 Å². The zero-order valence-corrected chi connectivity index (χ0v) is 25.7. The normalized spacial score (nSPS) is 19.7. The Bertz CT molecular complexity index is 1160. The molecule has 0 aromatic heterocycles. The van der Waals surface area contributed by atoms with E-state index in [2.05, 4.69) is 111 Å². The SMILES string of the molecule is Cc1ccc(C)c2c1C=C[CH]2[Zr]([CH3])([SiH2]c1ccccc1)[CH]1C=Cc2c(C)ccc(C)c21.Cl.Cl. The summed E-state index contributed by atoms with van der Waals surface area (Å²) in [5.74, 6) is 0. The maximum atomic E-state index is 2.80. The Morgan fingerprint density at radius 3 is 1.48 bits per heavy atom. The zero-order chi connectivity index (χ0) is 21.8. The van der Waals surface area contributed by atoms with Crippen LogP contribution in [-0.4, -0.2) is 6.65 Å². The molecule has 0 saturated carbocycles. The van der Waals surface area contributed by atoms with Gasteiger partial charge < -0.3 is 0 Å². The third-order valence-electron chi connectivity index (χ3n) is 7.83. The molecular weight excluding hydrogens is 539 g/mol. The molecule has 0 spiro atoms. The van der Waals surface area contributed by atoms with Gasteiger partial charge >= 0.3 is 194 Å². The van der Waals surface area contributed by atoms with E-state index in [0.29, 0.717) is 7.25 Å². The van der Waals surface area contributed by atoms with Crippen molar-refractivity contribution in [1.82, 2.24) is 0 Å². The first-order valence-electron chi connectivity index (χ1n) is 11.5. The quantitative estimate of drug-likeness (QED) is 0.290. The van der Waals surface area contributed by atoms with Gasteiger partial charge in [0, 0.05) is 0 Å². The fraction of sp³-hybridized carbons (Fsp3) is 0.241. The van der Waals surface area contributed by atoms with Crippen LogP contribution in [0.2, 0.25) is 4.63 Å². The summed E-state index contributed by atoms with van der Waals surface area (Å²) in [6, 6.07) is 20.8. The number of allylic oxidation sites excluding steroid dienone is 2. The van der Waals surface area contributed by atoms with E-state index in [1.165, 1.54) is 33.4 Å². The fourth-order valence-corrected chi connectivity index (χ4v) is 32.1. The van der Waals surface area contributed by atoms with E-state index in [4.69, 9.17) is 0 Å². The van der Waals surface area contributed by atoms with Crippen molar-refractivity contribution in [3.05, 3.63) is 111 Å². The van der Waals surface area contributed by atoms with Gasteiger partial charge in [0.25, 0.3) is 0 Å². The van der Waals surface area contributed by atoms with Gasteiger partial charge in [-0.15, -0.1) is 24.8 Å². The van der Waals surface area contributed by atoms with Gasteiger partial charge in [-0.25, -0.2) is 0 Å². The van der Waals surface area contributed by atoms with Gasteiger partial charge in [-0.2, -0.15) is 0 Å². The van der Waals surface area contributed by atoms with Crippen LogP contribution in [0.1, 0.15) is 51.8 Å². The summed E-state index contributed by atoms with van der Waals surface area (Å²) >= 11 is -2.77. The molecule has 0 heterocycles. The summed E-state index contributed by atoms with van der Waals surface area (Å²) in [6.45, 7) is 8.86. The molecule has 0 N–H and O–H groups in total. The molecule has 33 heavy (non-hydrogen) atoms. The molecule has 2 aliphatic carbocycles. The van der Waals surface area contributed by atoms with Crippen LogP contribution in [-0.2, 0) is 19.4 Å². The van der Waals surface area contributed by atoms with Crippen molar-refractivity contribution in [3.63, 3.8) is 0 Å². The van der Waals surface area contributed by atoms with E-state index in [9.17, 15) is 0 Å². The number of hydrogen-bond donors (Lipinski definition) is 0. The number of benzene rings is 3. The molecular formula is C29H34Cl2SiZr. The van der Waals surface area contributed by atoms with Gasteiger partial charge in [0.1, 0.15) is 0 Å². The van der Waals surface area contributed by atoms with Crippen molar-refractivity contribution in [2.45, 2.75) is 39.6 Å². The molecule has 0 fully saturated rings. The Balaban J connectivity index is 0.00000153. The van der Waals surface area contributed by atoms with Crippen LogP contribution < -0.4 is 5.19 Å². The minimum atomic E-state index is -2.77. The molecule has 172 valence electrons. The third-order valence-corrected chi connectivity index (χ3v) is 32.7. The maximum absolute atomic E-state index is 2.80. The van der Waals surface area contributed by atoms with E-state index >= 15 is 0 Å². The van der Waals surface area contributed by atoms with Gasteiger partial charge in [-0.05, 0) is 0 Å². The van der Waals surface area contributed by atoms with Crippen molar-refractivity contribution in [1.29, 1.82) is 0 Å². The Labute approximate surface area is 217 Å². The van der Waals surface area contributed by atoms with E-state index in [1.54, 1.807) is 16.3 Å². The van der Waals surface area contributed by atoms with Crippen LogP contribution in [0.4, 0.5) is 0 Å². The van der Waals surface area contributed by atoms with Crippen LogP contribution in [0.25, 0.3) is 12.2 Å². The molecule has 5 rings (SSSR count). The van der Waals surface area contributed by atoms with Crippen LogP contribution >= 0.6 is 24.8 Å². The van der Waals surface area contributed by atoms with Gasteiger partial charge in [-0.1, -0.05) is 0 Å². The molecule has 2 aliphatic rings. The molecule has 0 radical (unpaired) electrons. The van der Waals surface area contributed by atoms with Crippen LogP contribution in [0.5, 0.6) is 0 Å². The third kappa shape index (κ3) is 4.45. The minimum Gasteiger partial charge on any atom is -0.147 e. The smallest absolute Gasteiger partial charge is 0.147 e. The average molecular weight is 573 g/mol. The van der Waals surface area contributed by atoms with Gasteiger partial charge in [0.2, 0.25) is 0 Å². The van der Waals surface area contributed by atoms with Crippen LogP contribution in [0.15, 0.2) is 66.7 Å². The predicted octanol–water partition coefficient (Wildman–Crippen LogP) is 7.21. The standard InChI is InChI=1S/2C11H11.C6H7Si.CH3.2ClH.Zr/c2*1-8-6-7-9(2)11-5-3-4-10(8)11;7-6-4-2-1-3-5-6;;;;/h2*3-7H,1-2H3;1-5H,7H2;1H3;2*1H;. The Morgan fingerprint density at radius 2 is 1.03 bits per heavy atom. The number of fused-ring (bicyclic) bond motifs is 2. The molecule has 0 amide bonds. The summed E-state index contributed by atoms with van der Waals surface area (Å²) in [6.07, 6.45) is 10.2. The largest absolute Gasteiger partial charge is 0.147 e. The number of halogens is 2.